The van der Waals surface area contributed by atoms with Gasteiger partial charge in [-0.25, -0.2) is 0 Å². The zero-order chi connectivity index (χ0) is 13.3. The second-order valence-electron chi connectivity index (χ2n) is 4.56. The number of nitriles is 1. The van der Waals surface area contributed by atoms with Crippen molar-refractivity contribution in [1.29, 1.82) is 5.26 Å². The molecule has 0 radical (unpaired) electrons. The molecule has 5 heteroatoms. The van der Waals surface area contributed by atoms with Crippen LogP contribution in [0.5, 0.6) is 0 Å². The van der Waals surface area contributed by atoms with E-state index in [2.05, 4.69) is 6.07 Å². The summed E-state index contributed by atoms with van der Waals surface area (Å²) < 4.78 is 0. The number of aliphatic hydroxyl groups excluding tert-OH is 1. The van der Waals surface area contributed by atoms with Crippen molar-refractivity contribution in [3.8, 4) is 6.07 Å². The van der Waals surface area contributed by atoms with Crippen LogP contribution in [0.15, 0.2) is 12.1 Å². The molecule has 0 saturated carbocycles. The van der Waals surface area contributed by atoms with Gasteiger partial charge in [0.25, 0.3) is 0 Å². The van der Waals surface area contributed by atoms with Gasteiger partial charge in [-0.3, -0.25) is 4.90 Å². The summed E-state index contributed by atoms with van der Waals surface area (Å²) in [5.41, 5.74) is 1.93. The number of halogens is 2. The van der Waals surface area contributed by atoms with Gasteiger partial charge < -0.3 is 5.11 Å². The fourth-order valence-electron chi connectivity index (χ4n) is 2.53. The number of likely N-dealkylation sites (N-methyl/N-ethyl adjacent to an activating group) is 1. The van der Waals surface area contributed by atoms with E-state index in [0.29, 0.717) is 29.4 Å². The second-order valence-corrected chi connectivity index (χ2v) is 5.40. The van der Waals surface area contributed by atoms with E-state index in [0.717, 1.165) is 11.1 Å². The Kier molecular flexibility index (Phi) is 4.14. The van der Waals surface area contributed by atoms with E-state index in [1.165, 1.54) is 0 Å². The largest absolute Gasteiger partial charge is 0.391 e. The van der Waals surface area contributed by atoms with E-state index < -0.39 is 6.10 Å². The molecule has 1 aromatic carbocycles. The summed E-state index contributed by atoms with van der Waals surface area (Å²) in [4.78, 5) is 1.98. The van der Waals surface area contributed by atoms with Crippen LogP contribution in [0.4, 0.5) is 0 Å². The lowest BCUT2D eigenvalue weighted by Crippen LogP contribution is -2.31. The first-order valence-electron chi connectivity index (χ1n) is 5.77. The molecule has 0 heterocycles. The molecular formula is C13H14Cl2N2O. The maximum absolute atomic E-state index is 10.2. The Morgan fingerprint density at radius 3 is 2.89 bits per heavy atom. The van der Waals surface area contributed by atoms with Gasteiger partial charge in [-0.2, -0.15) is 5.26 Å². The third kappa shape index (κ3) is 2.48. The molecule has 0 bridgehead atoms. The van der Waals surface area contributed by atoms with Crippen LogP contribution in [0.25, 0.3) is 0 Å². The average Bonchev–Trinajstić information content (AvgIpc) is 2.63. The summed E-state index contributed by atoms with van der Waals surface area (Å²) in [6.45, 7) is 0.613. The van der Waals surface area contributed by atoms with E-state index in [1.54, 1.807) is 6.07 Å². The van der Waals surface area contributed by atoms with Crippen LogP contribution in [0.1, 0.15) is 23.6 Å². The van der Waals surface area contributed by atoms with Crippen LogP contribution < -0.4 is 0 Å². The predicted molar refractivity (Wildman–Crippen MR) is 71.8 cm³/mol. The topological polar surface area (TPSA) is 47.3 Å². The molecule has 2 atom stereocenters. The van der Waals surface area contributed by atoms with Crippen molar-refractivity contribution in [2.75, 3.05) is 13.6 Å². The molecule has 96 valence electrons. The molecule has 1 N–H and O–H groups in total. The second kappa shape index (κ2) is 5.46. The lowest BCUT2D eigenvalue weighted by Gasteiger charge is -2.27. The van der Waals surface area contributed by atoms with Gasteiger partial charge in [0, 0.05) is 29.4 Å². The summed E-state index contributed by atoms with van der Waals surface area (Å²) in [7, 11) is 1.90. The molecule has 2 rings (SSSR count). The highest BCUT2D eigenvalue weighted by molar-refractivity contribution is 6.35. The van der Waals surface area contributed by atoms with Crippen molar-refractivity contribution in [3.05, 3.63) is 33.3 Å². The number of rotatable bonds is 3. The highest BCUT2D eigenvalue weighted by atomic mass is 35.5. The Morgan fingerprint density at radius 1 is 1.50 bits per heavy atom. The lowest BCUT2D eigenvalue weighted by molar-refractivity contribution is 0.0776. The highest BCUT2D eigenvalue weighted by Gasteiger charge is 2.35. The summed E-state index contributed by atoms with van der Waals surface area (Å²) in [5, 5.41) is 20.0. The number of benzene rings is 1. The fraction of sp³-hybridized carbons (Fsp3) is 0.462. The van der Waals surface area contributed by atoms with Gasteiger partial charge in [0.2, 0.25) is 0 Å². The van der Waals surface area contributed by atoms with Crippen LogP contribution in [-0.2, 0) is 6.42 Å². The summed E-state index contributed by atoms with van der Waals surface area (Å²) in [5.74, 6) is 0. The number of hydrogen-bond donors (Lipinski definition) is 1. The number of fused-ring (bicyclic) bond motifs is 1. The minimum absolute atomic E-state index is 0.135. The van der Waals surface area contributed by atoms with Gasteiger partial charge >= 0.3 is 0 Å². The normalized spacial score (nSPS) is 22.0. The molecule has 0 aromatic heterocycles. The van der Waals surface area contributed by atoms with Gasteiger partial charge in [-0.15, -0.1) is 0 Å². The molecule has 1 aliphatic rings. The van der Waals surface area contributed by atoms with E-state index in [-0.39, 0.29) is 6.04 Å². The molecule has 0 aliphatic heterocycles. The Hall–Kier alpha value is -0.790. The van der Waals surface area contributed by atoms with Gasteiger partial charge in [0.1, 0.15) is 0 Å². The highest BCUT2D eigenvalue weighted by Crippen LogP contribution is 2.40. The Bertz CT molecular complexity index is 498. The fourth-order valence-corrected chi connectivity index (χ4v) is 3.11. The Morgan fingerprint density at radius 2 is 2.22 bits per heavy atom. The summed E-state index contributed by atoms with van der Waals surface area (Å²) in [6, 6.07) is 5.53. The summed E-state index contributed by atoms with van der Waals surface area (Å²) in [6.07, 6.45) is 0.468. The van der Waals surface area contributed by atoms with Crippen molar-refractivity contribution < 1.29 is 5.11 Å². The van der Waals surface area contributed by atoms with E-state index in [1.807, 2.05) is 18.0 Å². The first-order valence-corrected chi connectivity index (χ1v) is 6.53. The van der Waals surface area contributed by atoms with E-state index in [4.69, 9.17) is 28.5 Å². The van der Waals surface area contributed by atoms with Crippen molar-refractivity contribution in [1.82, 2.24) is 4.90 Å². The van der Waals surface area contributed by atoms with Crippen molar-refractivity contribution >= 4 is 23.2 Å². The third-order valence-electron chi connectivity index (χ3n) is 3.34. The smallest absolute Gasteiger partial charge is 0.0777 e. The van der Waals surface area contributed by atoms with Crippen LogP contribution >= 0.6 is 23.2 Å². The van der Waals surface area contributed by atoms with Crippen molar-refractivity contribution in [3.63, 3.8) is 0 Å². The molecule has 0 unspecified atom stereocenters. The number of nitrogens with zero attached hydrogens (tertiary/aromatic N) is 2. The molecule has 0 amide bonds. The molecule has 18 heavy (non-hydrogen) atoms. The maximum Gasteiger partial charge on any atom is 0.0777 e. The van der Waals surface area contributed by atoms with E-state index in [9.17, 15) is 5.11 Å². The first-order chi connectivity index (χ1) is 8.54. The standard InChI is InChI=1S/C13H14Cl2N2O/c1-17(4-2-3-16)13-10-5-8(14)6-11(15)9(10)7-12(13)18/h5-6,12-13,18H,2,4,7H2,1H3/t12-,13-/m1/s1. The molecule has 0 saturated heterocycles. The minimum atomic E-state index is -0.500. The lowest BCUT2D eigenvalue weighted by atomic mass is 10.1. The van der Waals surface area contributed by atoms with Crippen molar-refractivity contribution in [2.24, 2.45) is 0 Å². The third-order valence-corrected chi connectivity index (χ3v) is 3.90. The molecular weight excluding hydrogens is 271 g/mol. The van der Waals surface area contributed by atoms with Gasteiger partial charge in [-0.1, -0.05) is 23.2 Å². The molecule has 1 aliphatic carbocycles. The molecule has 1 aromatic rings. The monoisotopic (exact) mass is 284 g/mol. The molecule has 0 spiro atoms. The quantitative estimate of drug-likeness (QED) is 0.929. The summed E-state index contributed by atoms with van der Waals surface area (Å²) >= 11 is 12.2. The maximum atomic E-state index is 10.2. The minimum Gasteiger partial charge on any atom is -0.391 e. The number of aliphatic hydroxyl groups is 1. The van der Waals surface area contributed by atoms with Crippen LogP contribution in [0.3, 0.4) is 0 Å². The van der Waals surface area contributed by atoms with Crippen molar-refractivity contribution in [2.45, 2.75) is 25.0 Å². The van der Waals surface area contributed by atoms with Gasteiger partial charge in [0.15, 0.2) is 0 Å². The molecule has 0 fully saturated rings. The Labute approximate surface area is 117 Å². The first kappa shape index (κ1) is 13.6. The molecule has 3 nitrogen and oxygen atoms in total. The van der Waals surface area contributed by atoms with E-state index >= 15 is 0 Å². The van der Waals surface area contributed by atoms with Gasteiger partial charge in [0.05, 0.1) is 18.2 Å². The van der Waals surface area contributed by atoms with Crippen LogP contribution in [0, 0.1) is 11.3 Å². The zero-order valence-electron chi connectivity index (χ0n) is 10.0. The average molecular weight is 285 g/mol. The zero-order valence-corrected chi connectivity index (χ0v) is 11.5. The Balaban J connectivity index is 2.33. The van der Waals surface area contributed by atoms with Gasteiger partial charge in [-0.05, 0) is 30.3 Å². The predicted octanol–water partition coefficient (Wildman–Crippen LogP) is 2.80. The SMILES string of the molecule is CN(CCC#N)[C@@H]1c2cc(Cl)cc(Cl)c2C[C@H]1O. The van der Waals surface area contributed by atoms with Crippen LogP contribution in [0.2, 0.25) is 10.0 Å². The number of hydrogen-bond acceptors (Lipinski definition) is 3. The van der Waals surface area contributed by atoms with Crippen LogP contribution in [-0.4, -0.2) is 29.7 Å².